The lowest BCUT2D eigenvalue weighted by atomic mass is 10.0. The number of aliphatic hydroxyl groups excluding tert-OH is 1. The lowest BCUT2D eigenvalue weighted by molar-refractivity contribution is 0.175. The van der Waals surface area contributed by atoms with Crippen LogP contribution >= 0.6 is 0 Å². The number of hydrogen-bond donors (Lipinski definition) is 2. The topological polar surface area (TPSA) is 61.3 Å². The minimum absolute atomic E-state index is 0.0857. The van der Waals surface area contributed by atoms with Gasteiger partial charge in [-0.1, -0.05) is 30.7 Å². The monoisotopic (exact) mass is 326 g/mol. The molecule has 5 heteroatoms. The maximum absolute atomic E-state index is 8.89. The van der Waals surface area contributed by atoms with Crippen molar-refractivity contribution in [2.45, 2.75) is 32.2 Å². The maximum atomic E-state index is 8.89. The van der Waals surface area contributed by atoms with E-state index >= 15 is 0 Å². The molecule has 24 heavy (non-hydrogen) atoms. The van der Waals surface area contributed by atoms with E-state index in [0.29, 0.717) is 12.6 Å². The first-order chi connectivity index (χ1) is 11.8. The summed E-state index contributed by atoms with van der Waals surface area (Å²) in [6.45, 7) is 5.27. The first-order valence-electron chi connectivity index (χ1n) is 8.79. The molecular formula is C19H26N4O. The molecule has 0 radical (unpaired) electrons. The number of likely N-dealkylation sites (tertiary alicyclic amines) is 1. The zero-order valence-electron chi connectivity index (χ0n) is 14.3. The Labute approximate surface area is 143 Å². The summed E-state index contributed by atoms with van der Waals surface area (Å²) in [7, 11) is 0. The molecule has 0 unspecified atom stereocenters. The van der Waals surface area contributed by atoms with E-state index in [0.717, 1.165) is 17.1 Å². The van der Waals surface area contributed by atoms with Gasteiger partial charge in [-0.15, -0.1) is 0 Å². The van der Waals surface area contributed by atoms with Crippen molar-refractivity contribution in [1.29, 1.82) is 0 Å². The summed E-state index contributed by atoms with van der Waals surface area (Å²) in [5, 5.41) is 12.0. The second-order valence-electron chi connectivity index (χ2n) is 6.33. The summed E-state index contributed by atoms with van der Waals surface area (Å²) in [6.07, 6.45) is 5.54. The van der Waals surface area contributed by atoms with Crippen molar-refractivity contribution in [2.75, 3.05) is 31.6 Å². The van der Waals surface area contributed by atoms with Gasteiger partial charge >= 0.3 is 0 Å². The largest absolute Gasteiger partial charge is 0.395 e. The molecule has 1 aliphatic heterocycles. The molecular weight excluding hydrogens is 300 g/mol. The predicted molar refractivity (Wildman–Crippen MR) is 96.9 cm³/mol. The normalized spacial score (nSPS) is 16.8. The second kappa shape index (κ2) is 8.22. The van der Waals surface area contributed by atoms with Gasteiger partial charge in [0, 0.05) is 24.2 Å². The zero-order valence-corrected chi connectivity index (χ0v) is 14.3. The van der Waals surface area contributed by atoms with E-state index in [4.69, 9.17) is 5.11 Å². The van der Waals surface area contributed by atoms with Crippen molar-refractivity contribution >= 4 is 5.82 Å². The van der Waals surface area contributed by atoms with Crippen molar-refractivity contribution in [3.05, 3.63) is 42.2 Å². The molecule has 0 amide bonds. The molecule has 2 heterocycles. The fraction of sp³-hybridized carbons (Fsp3) is 0.474. The molecule has 2 aromatic rings. The summed E-state index contributed by atoms with van der Waals surface area (Å²) in [4.78, 5) is 11.1. The van der Waals surface area contributed by atoms with Crippen LogP contribution in [0.4, 0.5) is 5.82 Å². The van der Waals surface area contributed by atoms with Crippen LogP contribution in [0.25, 0.3) is 11.3 Å². The number of nitrogens with one attached hydrogen (secondary N) is 1. The molecule has 0 bridgehead atoms. The fourth-order valence-corrected chi connectivity index (χ4v) is 3.24. The molecule has 1 fully saturated rings. The third-order valence-corrected chi connectivity index (χ3v) is 4.71. The minimum atomic E-state index is 0.0857. The Morgan fingerprint density at radius 2 is 1.88 bits per heavy atom. The maximum Gasteiger partial charge on any atom is 0.130 e. The van der Waals surface area contributed by atoms with Crippen LogP contribution in [0.1, 0.15) is 37.8 Å². The molecule has 5 nitrogen and oxygen atoms in total. The summed E-state index contributed by atoms with van der Waals surface area (Å²) < 4.78 is 0. The van der Waals surface area contributed by atoms with Crippen LogP contribution in [0, 0.1) is 0 Å². The zero-order chi connectivity index (χ0) is 16.8. The van der Waals surface area contributed by atoms with Gasteiger partial charge in [0.2, 0.25) is 0 Å². The van der Waals surface area contributed by atoms with Crippen LogP contribution in [0.3, 0.4) is 0 Å². The molecule has 1 atom stereocenters. The number of aromatic nitrogens is 2. The van der Waals surface area contributed by atoms with Crippen LogP contribution in [0.5, 0.6) is 0 Å². The molecule has 0 saturated carbocycles. The van der Waals surface area contributed by atoms with Crippen LogP contribution in [0.15, 0.2) is 36.7 Å². The van der Waals surface area contributed by atoms with Gasteiger partial charge in [0.1, 0.15) is 12.1 Å². The quantitative estimate of drug-likeness (QED) is 0.854. The van der Waals surface area contributed by atoms with Crippen LogP contribution in [0.2, 0.25) is 0 Å². The number of hydrogen-bond acceptors (Lipinski definition) is 5. The Morgan fingerprint density at radius 3 is 2.58 bits per heavy atom. The molecule has 1 aliphatic rings. The van der Waals surface area contributed by atoms with Gasteiger partial charge in [-0.3, -0.25) is 4.90 Å². The van der Waals surface area contributed by atoms with Crippen LogP contribution in [-0.4, -0.2) is 46.2 Å². The van der Waals surface area contributed by atoms with E-state index in [1.165, 1.54) is 37.9 Å². The van der Waals surface area contributed by atoms with Crippen LogP contribution in [-0.2, 0) is 0 Å². The number of nitrogens with zero attached hydrogens (tertiary/aromatic N) is 3. The summed E-state index contributed by atoms with van der Waals surface area (Å²) in [5.41, 5.74) is 3.33. The second-order valence-corrected chi connectivity index (χ2v) is 6.33. The number of anilines is 1. The first-order valence-corrected chi connectivity index (χ1v) is 8.79. The number of rotatable bonds is 6. The Morgan fingerprint density at radius 1 is 1.12 bits per heavy atom. The molecule has 128 valence electrons. The highest BCUT2D eigenvalue weighted by molar-refractivity contribution is 5.62. The van der Waals surface area contributed by atoms with Gasteiger partial charge in [-0.05, 0) is 38.4 Å². The highest BCUT2D eigenvalue weighted by atomic mass is 16.3. The average molecular weight is 326 g/mol. The van der Waals surface area contributed by atoms with Gasteiger partial charge in [-0.25, -0.2) is 9.97 Å². The van der Waals surface area contributed by atoms with E-state index in [1.807, 2.05) is 6.07 Å². The fourth-order valence-electron chi connectivity index (χ4n) is 3.24. The SMILES string of the molecule is C[C@@H](c1ccc(-c2cc(NCCO)ncn2)cc1)N1CCCCC1. The number of aliphatic hydroxyl groups is 1. The van der Waals surface area contributed by atoms with Crippen molar-refractivity contribution in [2.24, 2.45) is 0 Å². The van der Waals surface area contributed by atoms with E-state index in [2.05, 4.69) is 51.4 Å². The molecule has 1 aromatic heterocycles. The van der Waals surface area contributed by atoms with Crippen LogP contribution < -0.4 is 5.32 Å². The van der Waals surface area contributed by atoms with E-state index < -0.39 is 0 Å². The van der Waals surface area contributed by atoms with Crippen molar-refractivity contribution in [1.82, 2.24) is 14.9 Å². The van der Waals surface area contributed by atoms with E-state index in [9.17, 15) is 0 Å². The molecule has 0 spiro atoms. The van der Waals surface area contributed by atoms with Crippen molar-refractivity contribution in [3.8, 4) is 11.3 Å². The molecule has 0 aliphatic carbocycles. The summed E-state index contributed by atoms with van der Waals surface area (Å²) in [5.74, 6) is 0.736. The summed E-state index contributed by atoms with van der Waals surface area (Å²) >= 11 is 0. The lowest BCUT2D eigenvalue weighted by Gasteiger charge is -2.32. The van der Waals surface area contributed by atoms with Gasteiger partial charge in [0.15, 0.2) is 0 Å². The third-order valence-electron chi connectivity index (χ3n) is 4.71. The van der Waals surface area contributed by atoms with Gasteiger partial charge in [0.25, 0.3) is 0 Å². The molecule has 2 N–H and O–H groups in total. The van der Waals surface area contributed by atoms with E-state index in [-0.39, 0.29) is 6.61 Å². The van der Waals surface area contributed by atoms with Crippen molar-refractivity contribution < 1.29 is 5.11 Å². The standard InChI is InChI=1S/C19H26N4O/c1-15(23-10-3-2-4-11-23)16-5-7-17(8-6-16)18-13-19(20-9-12-24)22-14-21-18/h5-8,13-15,24H,2-4,9-12H2,1H3,(H,20,21,22)/t15-/m0/s1. The number of benzene rings is 1. The first kappa shape index (κ1) is 16.9. The summed E-state index contributed by atoms with van der Waals surface area (Å²) in [6, 6.07) is 11.1. The highest BCUT2D eigenvalue weighted by Gasteiger charge is 2.18. The molecule has 1 saturated heterocycles. The molecule has 3 rings (SSSR count). The van der Waals surface area contributed by atoms with Gasteiger partial charge in [-0.2, -0.15) is 0 Å². The average Bonchev–Trinajstić information content (AvgIpc) is 2.67. The highest BCUT2D eigenvalue weighted by Crippen LogP contribution is 2.26. The Hall–Kier alpha value is -1.98. The Balaban J connectivity index is 1.72. The van der Waals surface area contributed by atoms with Crippen molar-refractivity contribution in [3.63, 3.8) is 0 Å². The Kier molecular flexibility index (Phi) is 5.77. The third kappa shape index (κ3) is 4.10. The lowest BCUT2D eigenvalue weighted by Crippen LogP contribution is -2.32. The smallest absolute Gasteiger partial charge is 0.130 e. The Bertz CT molecular complexity index is 638. The minimum Gasteiger partial charge on any atom is -0.395 e. The van der Waals surface area contributed by atoms with Gasteiger partial charge in [0.05, 0.1) is 12.3 Å². The predicted octanol–water partition coefficient (Wildman–Crippen LogP) is 3.09. The number of piperidine rings is 1. The van der Waals surface area contributed by atoms with E-state index in [1.54, 1.807) is 6.33 Å². The van der Waals surface area contributed by atoms with Gasteiger partial charge < -0.3 is 10.4 Å². The molecule has 1 aromatic carbocycles.